The summed E-state index contributed by atoms with van der Waals surface area (Å²) in [6, 6.07) is 22.1. The predicted molar refractivity (Wildman–Crippen MR) is 126 cm³/mol. The molecule has 158 valence electrons. The Labute approximate surface area is 188 Å². The van der Waals surface area contributed by atoms with Crippen molar-refractivity contribution in [3.05, 3.63) is 101 Å². The maximum Gasteiger partial charge on any atom is 0.337 e. The smallest absolute Gasteiger partial charge is 0.337 e. The molecule has 0 aliphatic heterocycles. The maximum atomic E-state index is 11.7. The number of esters is 1. The minimum Gasteiger partial charge on any atom is -0.497 e. The topological polar surface area (TPSA) is 44.8 Å². The van der Waals surface area contributed by atoms with Crippen LogP contribution in [0.2, 0.25) is 0 Å². The fraction of sp³-hybridized carbons (Fsp3) is 0.107. The van der Waals surface area contributed by atoms with E-state index < -0.39 is 0 Å². The van der Waals surface area contributed by atoms with Crippen LogP contribution in [0.5, 0.6) is 11.5 Å². The third-order valence-electron chi connectivity index (χ3n) is 4.51. The summed E-state index contributed by atoms with van der Waals surface area (Å²) < 4.78 is 15.1. The molecule has 0 aliphatic rings. The van der Waals surface area contributed by atoms with Gasteiger partial charge in [0.2, 0.25) is 0 Å². The number of carbonyl (C=O) groups is 1. The van der Waals surface area contributed by atoms with Crippen molar-refractivity contribution in [3.8, 4) is 35.2 Å². The highest BCUT2D eigenvalue weighted by molar-refractivity contribution is 5.89. The van der Waals surface area contributed by atoms with Gasteiger partial charge in [-0.15, -0.1) is 0 Å². The Kier molecular flexibility index (Phi) is 7.73. The molecule has 0 aliphatic carbocycles. The Balaban J connectivity index is 1.93. The first-order chi connectivity index (χ1) is 15.6. The normalized spacial score (nSPS) is 9.34. The second-order valence-corrected chi connectivity index (χ2v) is 6.63. The Morgan fingerprint density at radius 3 is 1.56 bits per heavy atom. The van der Waals surface area contributed by atoms with Crippen LogP contribution in [0.3, 0.4) is 0 Å². The van der Waals surface area contributed by atoms with E-state index in [4.69, 9.17) is 14.2 Å². The summed E-state index contributed by atoms with van der Waals surface area (Å²) in [6.45, 7) is 0. The van der Waals surface area contributed by atoms with E-state index in [1.165, 1.54) is 7.11 Å². The van der Waals surface area contributed by atoms with E-state index in [9.17, 15) is 4.79 Å². The molecule has 0 amide bonds. The van der Waals surface area contributed by atoms with Gasteiger partial charge in [0.25, 0.3) is 0 Å². The van der Waals surface area contributed by atoms with Crippen LogP contribution >= 0.6 is 0 Å². The summed E-state index contributed by atoms with van der Waals surface area (Å²) in [4.78, 5) is 11.7. The van der Waals surface area contributed by atoms with Gasteiger partial charge in [-0.05, 0) is 72.3 Å². The van der Waals surface area contributed by atoms with Crippen LogP contribution in [0.1, 0.15) is 27.0 Å². The molecule has 0 saturated carbocycles. The molecule has 0 bridgehead atoms. The van der Waals surface area contributed by atoms with Crippen LogP contribution in [0.15, 0.2) is 78.4 Å². The van der Waals surface area contributed by atoms with Gasteiger partial charge in [0.15, 0.2) is 0 Å². The lowest BCUT2D eigenvalue weighted by Crippen LogP contribution is -2.00. The van der Waals surface area contributed by atoms with Crippen molar-refractivity contribution in [1.29, 1.82) is 0 Å². The molecule has 0 spiro atoms. The number of rotatable bonds is 4. The molecule has 0 N–H and O–H groups in total. The third-order valence-corrected chi connectivity index (χ3v) is 4.51. The van der Waals surface area contributed by atoms with Gasteiger partial charge >= 0.3 is 5.97 Å². The first-order valence-corrected chi connectivity index (χ1v) is 9.83. The quantitative estimate of drug-likeness (QED) is 0.440. The lowest BCUT2D eigenvalue weighted by Gasteiger charge is -2.00. The first-order valence-electron chi connectivity index (χ1n) is 9.83. The lowest BCUT2D eigenvalue weighted by atomic mass is 10.1. The molecule has 0 aromatic heterocycles. The van der Waals surface area contributed by atoms with Crippen LogP contribution in [0, 0.1) is 23.7 Å². The summed E-state index contributed by atoms with van der Waals surface area (Å²) in [7, 11) is 4.61. The number of methoxy groups -OCH3 is 3. The molecule has 32 heavy (non-hydrogen) atoms. The van der Waals surface area contributed by atoms with E-state index in [1.807, 2.05) is 66.7 Å². The SMILES string of the molecule is COC(=O)c1ccc(C=C(C#Cc2ccc(OC)cc2)C#Cc2ccc(OC)cc2)cc1. The van der Waals surface area contributed by atoms with Crippen molar-refractivity contribution in [2.45, 2.75) is 0 Å². The van der Waals surface area contributed by atoms with Gasteiger partial charge in [0.1, 0.15) is 11.5 Å². The van der Waals surface area contributed by atoms with Crippen LogP contribution in [0.25, 0.3) is 6.08 Å². The monoisotopic (exact) mass is 422 g/mol. The number of allylic oxidation sites excluding steroid dienone is 1. The lowest BCUT2D eigenvalue weighted by molar-refractivity contribution is 0.0600. The number of carbonyl (C=O) groups excluding carboxylic acids is 1. The number of benzene rings is 3. The summed E-state index contributed by atoms with van der Waals surface area (Å²) >= 11 is 0. The van der Waals surface area contributed by atoms with Gasteiger partial charge in [-0.3, -0.25) is 0 Å². The number of ether oxygens (including phenoxy) is 3. The van der Waals surface area contributed by atoms with Crippen molar-refractivity contribution in [2.24, 2.45) is 0 Å². The number of hydrogen-bond acceptors (Lipinski definition) is 4. The van der Waals surface area contributed by atoms with Gasteiger partial charge in [-0.25, -0.2) is 4.79 Å². The van der Waals surface area contributed by atoms with E-state index in [0.717, 1.165) is 28.2 Å². The fourth-order valence-corrected chi connectivity index (χ4v) is 2.73. The Hall–Kier alpha value is -4.41. The largest absolute Gasteiger partial charge is 0.497 e. The molecule has 0 atom stereocenters. The van der Waals surface area contributed by atoms with E-state index in [1.54, 1.807) is 26.4 Å². The van der Waals surface area contributed by atoms with E-state index in [0.29, 0.717) is 11.1 Å². The summed E-state index contributed by atoms with van der Waals surface area (Å²) in [5.41, 5.74) is 3.70. The van der Waals surface area contributed by atoms with Crippen LogP contribution in [0.4, 0.5) is 0 Å². The highest BCUT2D eigenvalue weighted by Crippen LogP contribution is 2.13. The molecule has 3 aromatic carbocycles. The zero-order valence-electron chi connectivity index (χ0n) is 18.1. The molecule has 3 aromatic rings. The molecule has 3 rings (SSSR count). The van der Waals surface area contributed by atoms with Crippen molar-refractivity contribution in [3.63, 3.8) is 0 Å². The van der Waals surface area contributed by atoms with E-state index in [2.05, 4.69) is 23.7 Å². The molecule has 0 unspecified atom stereocenters. The molecule has 4 heteroatoms. The molecule has 0 radical (unpaired) electrons. The van der Waals surface area contributed by atoms with Gasteiger partial charge in [0, 0.05) is 11.1 Å². The van der Waals surface area contributed by atoms with Crippen molar-refractivity contribution < 1.29 is 19.0 Å². The molecule has 0 heterocycles. The fourth-order valence-electron chi connectivity index (χ4n) is 2.73. The van der Waals surface area contributed by atoms with E-state index >= 15 is 0 Å². The summed E-state index contributed by atoms with van der Waals surface area (Å²) in [5, 5.41) is 0. The van der Waals surface area contributed by atoms with Crippen LogP contribution in [-0.2, 0) is 4.74 Å². The molecular weight excluding hydrogens is 400 g/mol. The maximum absolute atomic E-state index is 11.7. The third kappa shape index (κ3) is 6.29. The van der Waals surface area contributed by atoms with Crippen molar-refractivity contribution in [1.82, 2.24) is 0 Å². The Morgan fingerprint density at radius 1 is 0.688 bits per heavy atom. The molecule has 0 fully saturated rings. The van der Waals surface area contributed by atoms with Crippen molar-refractivity contribution >= 4 is 12.0 Å². The standard InChI is InChI=1S/C28H22O4/c1-30-26-16-10-21(11-17-26)4-6-23(7-5-22-12-18-27(31-2)19-13-22)20-24-8-14-25(15-9-24)28(29)32-3/h8-20H,1-3H3. The second kappa shape index (κ2) is 11.1. The summed E-state index contributed by atoms with van der Waals surface area (Å²) in [5.74, 6) is 13.7. The zero-order valence-corrected chi connectivity index (χ0v) is 18.1. The average molecular weight is 422 g/mol. The van der Waals surface area contributed by atoms with Gasteiger partial charge in [0.05, 0.1) is 32.5 Å². The summed E-state index contributed by atoms with van der Waals surface area (Å²) in [6.07, 6.45) is 1.88. The Bertz CT molecular complexity index is 1140. The molecule has 4 nitrogen and oxygen atoms in total. The van der Waals surface area contributed by atoms with Gasteiger partial charge in [-0.2, -0.15) is 0 Å². The predicted octanol–water partition coefficient (Wildman–Crippen LogP) is 4.98. The number of hydrogen-bond donors (Lipinski definition) is 0. The van der Waals surface area contributed by atoms with E-state index in [-0.39, 0.29) is 5.97 Å². The highest BCUT2D eigenvalue weighted by Gasteiger charge is 2.03. The average Bonchev–Trinajstić information content (AvgIpc) is 2.86. The second-order valence-electron chi connectivity index (χ2n) is 6.63. The Morgan fingerprint density at radius 2 is 1.16 bits per heavy atom. The van der Waals surface area contributed by atoms with Gasteiger partial charge in [-0.1, -0.05) is 35.8 Å². The van der Waals surface area contributed by atoms with Crippen LogP contribution in [-0.4, -0.2) is 27.3 Å². The van der Waals surface area contributed by atoms with Crippen LogP contribution < -0.4 is 9.47 Å². The highest BCUT2D eigenvalue weighted by atomic mass is 16.5. The van der Waals surface area contributed by atoms with Gasteiger partial charge < -0.3 is 14.2 Å². The molecule has 0 saturated heterocycles. The zero-order chi connectivity index (χ0) is 22.8. The first kappa shape index (κ1) is 22.3. The molecular formula is C28H22O4. The van der Waals surface area contributed by atoms with Crippen molar-refractivity contribution in [2.75, 3.05) is 21.3 Å². The minimum atomic E-state index is -0.376. The minimum absolute atomic E-state index is 0.376.